The number of fused-ring (bicyclic) bond motifs is 4. The number of nitrogens with zero attached hydrogens (tertiary/aromatic N) is 5. The molecule has 0 bridgehead atoms. The van der Waals surface area contributed by atoms with Gasteiger partial charge < -0.3 is 9.72 Å². The van der Waals surface area contributed by atoms with Crippen molar-refractivity contribution in [3.63, 3.8) is 0 Å². The predicted octanol–water partition coefficient (Wildman–Crippen LogP) is 3.91. The van der Waals surface area contributed by atoms with Gasteiger partial charge in [-0.2, -0.15) is 5.10 Å². The molecule has 6 aromatic rings. The standard InChI is InChI=1S/C24H19FN6O2/c1-29-12-14(10-28-29)15-7-16-19(9-22(15)33-3)27-11-21-23(16)31(24(32)30(21)2)20-8-18-13(4-5-26-18)6-17(20)25/h4-12,26H,1-3H3. The Kier molecular flexibility index (Phi) is 3.97. The van der Waals surface area contributed by atoms with Gasteiger partial charge in [0.2, 0.25) is 0 Å². The molecule has 0 spiro atoms. The first-order valence-corrected chi connectivity index (χ1v) is 10.3. The molecule has 0 saturated heterocycles. The third-order valence-corrected chi connectivity index (χ3v) is 6.08. The van der Waals surface area contributed by atoms with Crippen molar-refractivity contribution in [1.29, 1.82) is 0 Å². The molecule has 8 nitrogen and oxygen atoms in total. The highest BCUT2D eigenvalue weighted by Gasteiger charge is 2.21. The lowest BCUT2D eigenvalue weighted by Gasteiger charge is -2.11. The van der Waals surface area contributed by atoms with Crippen molar-refractivity contribution in [2.24, 2.45) is 14.1 Å². The number of aryl methyl sites for hydroxylation is 2. The molecule has 6 rings (SSSR count). The van der Waals surface area contributed by atoms with Crippen LogP contribution in [0.2, 0.25) is 0 Å². The van der Waals surface area contributed by atoms with E-state index in [0.717, 1.165) is 22.0 Å². The Morgan fingerprint density at radius 1 is 1.12 bits per heavy atom. The van der Waals surface area contributed by atoms with E-state index >= 15 is 4.39 Å². The van der Waals surface area contributed by atoms with E-state index in [2.05, 4.69) is 15.1 Å². The summed E-state index contributed by atoms with van der Waals surface area (Å²) in [7, 11) is 5.09. The van der Waals surface area contributed by atoms with E-state index in [4.69, 9.17) is 4.74 Å². The molecule has 0 aliphatic carbocycles. The number of aromatic amines is 1. The van der Waals surface area contributed by atoms with Gasteiger partial charge in [0.05, 0.1) is 41.7 Å². The molecule has 0 saturated carbocycles. The van der Waals surface area contributed by atoms with Crippen molar-refractivity contribution in [1.82, 2.24) is 28.9 Å². The second kappa shape index (κ2) is 6.80. The zero-order chi connectivity index (χ0) is 22.9. The van der Waals surface area contributed by atoms with E-state index in [0.29, 0.717) is 27.7 Å². The Morgan fingerprint density at radius 3 is 2.73 bits per heavy atom. The van der Waals surface area contributed by atoms with Crippen LogP contribution in [0.3, 0.4) is 0 Å². The normalized spacial score (nSPS) is 11.8. The van der Waals surface area contributed by atoms with Gasteiger partial charge in [0.15, 0.2) is 0 Å². The summed E-state index contributed by atoms with van der Waals surface area (Å²) in [6.45, 7) is 0. The summed E-state index contributed by atoms with van der Waals surface area (Å²) in [5, 5.41) is 5.70. The molecule has 1 N–H and O–H groups in total. The molecule has 4 aromatic heterocycles. The molecule has 0 atom stereocenters. The number of H-pyrrole nitrogens is 1. The van der Waals surface area contributed by atoms with Crippen molar-refractivity contribution in [2.75, 3.05) is 7.11 Å². The van der Waals surface area contributed by atoms with Crippen LogP contribution in [0, 0.1) is 5.82 Å². The largest absolute Gasteiger partial charge is 0.496 e. The molecular formula is C24H19FN6O2. The van der Waals surface area contributed by atoms with Gasteiger partial charge in [-0.05, 0) is 24.3 Å². The Bertz CT molecular complexity index is 1770. The lowest BCUT2D eigenvalue weighted by atomic mass is 10.0. The summed E-state index contributed by atoms with van der Waals surface area (Å²) in [4.78, 5) is 21.0. The number of rotatable bonds is 3. The van der Waals surface area contributed by atoms with E-state index in [-0.39, 0.29) is 11.4 Å². The van der Waals surface area contributed by atoms with Gasteiger partial charge in [0.25, 0.3) is 0 Å². The van der Waals surface area contributed by atoms with Crippen LogP contribution >= 0.6 is 0 Å². The Balaban J connectivity index is 1.76. The van der Waals surface area contributed by atoms with Crippen LogP contribution in [0.4, 0.5) is 4.39 Å². The van der Waals surface area contributed by atoms with Gasteiger partial charge in [-0.25, -0.2) is 9.18 Å². The molecule has 0 unspecified atom stereocenters. The summed E-state index contributed by atoms with van der Waals surface area (Å²) in [5.41, 5.74) is 4.02. The molecule has 0 aliphatic heterocycles. The average Bonchev–Trinajstić information content (AvgIpc) is 3.51. The van der Waals surface area contributed by atoms with E-state index in [1.54, 1.807) is 49.6 Å². The lowest BCUT2D eigenvalue weighted by Crippen LogP contribution is -2.21. The van der Waals surface area contributed by atoms with Crippen molar-refractivity contribution in [3.8, 4) is 22.6 Å². The molecule has 33 heavy (non-hydrogen) atoms. The van der Waals surface area contributed by atoms with Crippen LogP contribution in [0.25, 0.3) is 49.7 Å². The maximum atomic E-state index is 15.2. The van der Waals surface area contributed by atoms with Crippen LogP contribution in [0.15, 0.2) is 59.9 Å². The van der Waals surface area contributed by atoms with Crippen LogP contribution in [0.5, 0.6) is 5.75 Å². The number of ether oxygens (including phenoxy) is 1. The molecule has 0 fully saturated rings. The Morgan fingerprint density at radius 2 is 1.97 bits per heavy atom. The first-order chi connectivity index (χ1) is 16.0. The third kappa shape index (κ3) is 2.72. The maximum absolute atomic E-state index is 15.2. The van der Waals surface area contributed by atoms with Gasteiger partial charge in [-0.1, -0.05) is 0 Å². The Hall–Kier alpha value is -4.40. The number of aromatic nitrogens is 6. The summed E-state index contributed by atoms with van der Waals surface area (Å²) in [6, 6.07) is 8.62. The zero-order valence-corrected chi connectivity index (χ0v) is 18.1. The van der Waals surface area contributed by atoms with Gasteiger partial charge in [-0.15, -0.1) is 0 Å². The van der Waals surface area contributed by atoms with Crippen molar-refractivity contribution in [2.45, 2.75) is 0 Å². The molecule has 0 aliphatic rings. The van der Waals surface area contributed by atoms with Crippen molar-refractivity contribution < 1.29 is 9.13 Å². The summed E-state index contributed by atoms with van der Waals surface area (Å²) < 4.78 is 25.4. The molecule has 2 aromatic carbocycles. The van der Waals surface area contributed by atoms with Gasteiger partial charge >= 0.3 is 5.69 Å². The minimum absolute atomic E-state index is 0.173. The van der Waals surface area contributed by atoms with E-state index in [1.807, 2.05) is 25.4 Å². The highest BCUT2D eigenvalue weighted by atomic mass is 19.1. The fourth-order valence-electron chi connectivity index (χ4n) is 4.44. The van der Waals surface area contributed by atoms with Crippen LogP contribution in [-0.4, -0.2) is 36.0 Å². The Labute approximate surface area is 186 Å². The van der Waals surface area contributed by atoms with E-state index < -0.39 is 5.82 Å². The molecule has 4 heterocycles. The molecule has 9 heteroatoms. The number of benzene rings is 2. The van der Waals surface area contributed by atoms with Crippen LogP contribution in [-0.2, 0) is 14.1 Å². The minimum atomic E-state index is -0.484. The molecular weight excluding hydrogens is 423 g/mol. The summed E-state index contributed by atoms with van der Waals surface area (Å²) >= 11 is 0. The lowest BCUT2D eigenvalue weighted by molar-refractivity contribution is 0.417. The second-order valence-electron chi connectivity index (χ2n) is 8.01. The summed E-state index contributed by atoms with van der Waals surface area (Å²) in [6.07, 6.45) is 7.00. The van der Waals surface area contributed by atoms with Crippen molar-refractivity contribution >= 4 is 32.8 Å². The monoisotopic (exact) mass is 442 g/mol. The fourth-order valence-corrected chi connectivity index (χ4v) is 4.44. The highest BCUT2D eigenvalue weighted by molar-refractivity contribution is 6.06. The number of halogens is 1. The van der Waals surface area contributed by atoms with Gasteiger partial charge in [0, 0.05) is 60.0 Å². The predicted molar refractivity (Wildman–Crippen MR) is 124 cm³/mol. The fraction of sp³-hybridized carbons (Fsp3) is 0.125. The minimum Gasteiger partial charge on any atom is -0.496 e. The number of hydrogen-bond donors (Lipinski definition) is 1. The number of imidazole rings is 1. The van der Waals surface area contributed by atoms with Crippen molar-refractivity contribution in [3.05, 3.63) is 71.4 Å². The number of pyridine rings is 1. The van der Waals surface area contributed by atoms with Gasteiger partial charge in [0.1, 0.15) is 11.6 Å². The zero-order valence-electron chi connectivity index (χ0n) is 18.1. The highest BCUT2D eigenvalue weighted by Crippen LogP contribution is 2.36. The maximum Gasteiger partial charge on any atom is 0.333 e. The SMILES string of the molecule is COc1cc2ncc3c(c2cc1-c1cnn(C)c1)n(-c1cc2[nH]ccc2cc1F)c(=O)n3C. The number of hydrogen-bond acceptors (Lipinski definition) is 4. The average molecular weight is 442 g/mol. The van der Waals surface area contributed by atoms with Crippen LogP contribution in [0.1, 0.15) is 0 Å². The van der Waals surface area contributed by atoms with E-state index in [9.17, 15) is 4.79 Å². The topological polar surface area (TPSA) is 82.7 Å². The number of methoxy groups -OCH3 is 1. The molecule has 164 valence electrons. The third-order valence-electron chi connectivity index (χ3n) is 6.08. The smallest absolute Gasteiger partial charge is 0.333 e. The quantitative estimate of drug-likeness (QED) is 0.451. The molecule has 0 radical (unpaired) electrons. The van der Waals surface area contributed by atoms with Gasteiger partial charge in [-0.3, -0.25) is 18.8 Å². The number of nitrogens with one attached hydrogen (secondary N) is 1. The first-order valence-electron chi connectivity index (χ1n) is 10.3. The first kappa shape index (κ1) is 19.3. The van der Waals surface area contributed by atoms with Crippen LogP contribution < -0.4 is 10.4 Å². The van der Waals surface area contributed by atoms with E-state index in [1.165, 1.54) is 15.2 Å². The second-order valence-corrected chi connectivity index (χ2v) is 8.01. The molecule has 0 amide bonds. The summed E-state index contributed by atoms with van der Waals surface area (Å²) in [5.74, 6) is 0.147.